The zero-order valence-electron chi connectivity index (χ0n) is 16.9. The van der Waals surface area contributed by atoms with Crippen molar-refractivity contribution in [1.82, 2.24) is 9.97 Å². The molecule has 0 spiro atoms. The third-order valence-corrected chi connectivity index (χ3v) is 6.15. The Morgan fingerprint density at radius 1 is 1.00 bits per heavy atom. The van der Waals surface area contributed by atoms with Crippen molar-refractivity contribution < 1.29 is 14.3 Å². The summed E-state index contributed by atoms with van der Waals surface area (Å²) < 4.78 is 12.3. The maximum Gasteiger partial charge on any atom is 0.229 e. The smallest absolute Gasteiger partial charge is 0.229 e. The van der Waals surface area contributed by atoms with Gasteiger partial charge < -0.3 is 9.47 Å². The molecule has 3 heterocycles. The van der Waals surface area contributed by atoms with Gasteiger partial charge in [0.2, 0.25) is 5.91 Å². The highest BCUT2D eigenvalue weighted by molar-refractivity contribution is 7.22. The van der Waals surface area contributed by atoms with E-state index >= 15 is 0 Å². The summed E-state index contributed by atoms with van der Waals surface area (Å²) in [5.41, 5.74) is 2.90. The van der Waals surface area contributed by atoms with Crippen LogP contribution < -0.4 is 14.4 Å². The number of nitrogens with zero attached hydrogens (tertiary/aromatic N) is 3. The van der Waals surface area contributed by atoms with Crippen molar-refractivity contribution in [1.29, 1.82) is 0 Å². The first-order valence-electron chi connectivity index (χ1n) is 10.2. The van der Waals surface area contributed by atoms with Crippen LogP contribution in [-0.2, 0) is 17.8 Å². The lowest BCUT2D eigenvalue weighted by molar-refractivity contribution is -0.118. The van der Waals surface area contributed by atoms with Crippen LogP contribution in [-0.4, -0.2) is 29.1 Å². The molecule has 1 aliphatic rings. The van der Waals surface area contributed by atoms with Crippen LogP contribution in [0.4, 0.5) is 5.13 Å². The van der Waals surface area contributed by atoms with Crippen molar-refractivity contribution in [3.63, 3.8) is 0 Å². The third kappa shape index (κ3) is 4.36. The molecule has 31 heavy (non-hydrogen) atoms. The van der Waals surface area contributed by atoms with E-state index in [0.29, 0.717) is 43.5 Å². The maximum atomic E-state index is 13.3. The largest absolute Gasteiger partial charge is 0.486 e. The molecule has 0 bridgehead atoms. The lowest BCUT2D eigenvalue weighted by Gasteiger charge is -2.20. The average molecular weight is 432 g/mol. The normalized spacial score (nSPS) is 12.6. The van der Waals surface area contributed by atoms with Gasteiger partial charge in [-0.15, -0.1) is 0 Å². The van der Waals surface area contributed by atoms with Crippen LogP contribution in [0.25, 0.3) is 10.2 Å². The highest BCUT2D eigenvalue weighted by Gasteiger charge is 2.22. The fourth-order valence-corrected chi connectivity index (χ4v) is 4.53. The molecule has 2 aromatic carbocycles. The first-order chi connectivity index (χ1) is 15.3. The van der Waals surface area contributed by atoms with E-state index < -0.39 is 0 Å². The maximum absolute atomic E-state index is 13.3. The van der Waals surface area contributed by atoms with Gasteiger partial charge in [-0.25, -0.2) is 4.98 Å². The molecule has 2 aromatic heterocycles. The van der Waals surface area contributed by atoms with Gasteiger partial charge in [0.05, 0.1) is 16.8 Å². The van der Waals surface area contributed by atoms with Gasteiger partial charge in [-0.2, -0.15) is 0 Å². The summed E-state index contributed by atoms with van der Waals surface area (Å²) in [5, 5.41) is 0.666. The van der Waals surface area contributed by atoms with E-state index in [-0.39, 0.29) is 5.91 Å². The predicted molar refractivity (Wildman–Crippen MR) is 121 cm³/mol. The molecule has 1 amide bonds. The van der Waals surface area contributed by atoms with Gasteiger partial charge in [0, 0.05) is 30.9 Å². The summed E-state index contributed by atoms with van der Waals surface area (Å²) in [7, 11) is 0. The summed E-state index contributed by atoms with van der Waals surface area (Å²) in [4.78, 5) is 24.0. The standard InChI is InChI=1S/C24H21N3O3S/c28-23(9-8-17-5-2-1-3-6-17)27(16-18-7-4-10-25-15-18)24-26-19-13-20-21(14-22(19)31-24)30-12-11-29-20/h1-7,10,13-15H,8-9,11-12,16H2. The van der Waals surface area contributed by atoms with Gasteiger partial charge in [-0.1, -0.05) is 47.7 Å². The molecule has 4 aromatic rings. The van der Waals surface area contributed by atoms with E-state index in [1.807, 2.05) is 54.6 Å². The van der Waals surface area contributed by atoms with E-state index in [0.717, 1.165) is 27.1 Å². The molecule has 6 nitrogen and oxygen atoms in total. The van der Waals surface area contributed by atoms with Crippen molar-refractivity contribution in [3.05, 3.63) is 78.1 Å². The molecule has 0 aliphatic carbocycles. The van der Waals surface area contributed by atoms with Crippen molar-refractivity contribution in [3.8, 4) is 11.5 Å². The number of aromatic nitrogens is 2. The van der Waals surface area contributed by atoms with Crippen LogP contribution in [0.5, 0.6) is 11.5 Å². The fraction of sp³-hybridized carbons (Fsp3) is 0.208. The molecule has 7 heteroatoms. The van der Waals surface area contributed by atoms with Crippen LogP contribution in [0, 0.1) is 0 Å². The van der Waals surface area contributed by atoms with E-state index in [4.69, 9.17) is 14.5 Å². The number of rotatable bonds is 6. The van der Waals surface area contributed by atoms with Gasteiger partial charge >= 0.3 is 0 Å². The minimum Gasteiger partial charge on any atom is -0.486 e. The van der Waals surface area contributed by atoms with E-state index in [1.165, 1.54) is 11.3 Å². The highest BCUT2D eigenvalue weighted by Crippen LogP contribution is 2.39. The molecule has 0 atom stereocenters. The van der Waals surface area contributed by atoms with E-state index in [2.05, 4.69) is 4.98 Å². The lowest BCUT2D eigenvalue weighted by Crippen LogP contribution is -2.30. The van der Waals surface area contributed by atoms with Crippen LogP contribution >= 0.6 is 11.3 Å². The molecule has 0 N–H and O–H groups in total. The van der Waals surface area contributed by atoms with Gasteiger partial charge in [0.1, 0.15) is 13.2 Å². The molecule has 0 saturated carbocycles. The number of carbonyl (C=O) groups is 1. The van der Waals surface area contributed by atoms with Crippen molar-refractivity contribution in [2.24, 2.45) is 0 Å². The molecular weight excluding hydrogens is 410 g/mol. The number of hydrogen-bond acceptors (Lipinski definition) is 6. The Bertz CT molecular complexity index is 1150. The number of pyridine rings is 1. The molecule has 0 saturated heterocycles. The van der Waals surface area contributed by atoms with Crippen LogP contribution in [0.3, 0.4) is 0 Å². The second kappa shape index (κ2) is 8.73. The molecule has 156 valence electrons. The summed E-state index contributed by atoms with van der Waals surface area (Å²) in [6.45, 7) is 1.49. The monoisotopic (exact) mass is 431 g/mol. The Balaban J connectivity index is 1.45. The van der Waals surface area contributed by atoms with Crippen LogP contribution in [0.1, 0.15) is 17.5 Å². The highest BCUT2D eigenvalue weighted by atomic mass is 32.1. The lowest BCUT2D eigenvalue weighted by atomic mass is 10.1. The second-order valence-corrected chi connectivity index (χ2v) is 8.30. The van der Waals surface area contributed by atoms with E-state index in [9.17, 15) is 4.79 Å². The molecule has 0 radical (unpaired) electrons. The first-order valence-corrected chi connectivity index (χ1v) is 11.0. The Kier molecular flexibility index (Phi) is 5.50. The SMILES string of the molecule is O=C(CCc1ccccc1)N(Cc1cccnc1)c1nc2cc3c(cc2s1)OCCO3. The number of fused-ring (bicyclic) bond motifs is 2. The number of thiazole rings is 1. The number of benzene rings is 2. The summed E-state index contributed by atoms with van der Waals surface area (Å²) in [6, 6.07) is 17.7. The predicted octanol–water partition coefficient (Wildman–Crippen LogP) is 4.63. The zero-order valence-corrected chi connectivity index (χ0v) is 17.7. The Morgan fingerprint density at radius 2 is 1.77 bits per heavy atom. The fourth-order valence-electron chi connectivity index (χ4n) is 3.54. The molecule has 5 rings (SSSR count). The Hall–Kier alpha value is -3.45. The quantitative estimate of drug-likeness (QED) is 0.445. The summed E-state index contributed by atoms with van der Waals surface area (Å²) in [6.07, 6.45) is 4.60. The minimum absolute atomic E-state index is 0.0315. The van der Waals surface area contributed by atoms with Gasteiger partial charge in [0.25, 0.3) is 0 Å². The summed E-state index contributed by atoms with van der Waals surface area (Å²) >= 11 is 1.49. The Labute approximate surface area is 184 Å². The van der Waals surface area contributed by atoms with Crippen LogP contribution in [0.2, 0.25) is 0 Å². The zero-order chi connectivity index (χ0) is 21.0. The molecule has 1 aliphatic heterocycles. The van der Waals surface area contributed by atoms with Gasteiger partial charge in [-0.3, -0.25) is 14.7 Å². The number of anilines is 1. The van der Waals surface area contributed by atoms with Crippen molar-refractivity contribution in [2.75, 3.05) is 18.1 Å². The van der Waals surface area contributed by atoms with Crippen molar-refractivity contribution in [2.45, 2.75) is 19.4 Å². The summed E-state index contributed by atoms with van der Waals surface area (Å²) in [5.74, 6) is 1.46. The van der Waals surface area contributed by atoms with E-state index in [1.54, 1.807) is 17.3 Å². The first kappa shape index (κ1) is 19.5. The van der Waals surface area contributed by atoms with Crippen LogP contribution in [0.15, 0.2) is 67.0 Å². The van der Waals surface area contributed by atoms with Gasteiger partial charge in [-0.05, 0) is 23.6 Å². The second-order valence-electron chi connectivity index (χ2n) is 7.29. The average Bonchev–Trinajstić information content (AvgIpc) is 3.23. The van der Waals surface area contributed by atoms with Crippen molar-refractivity contribution >= 4 is 32.6 Å². The molecule has 0 fully saturated rings. The molecular formula is C24H21N3O3S. The minimum atomic E-state index is 0.0315. The Morgan fingerprint density at radius 3 is 2.55 bits per heavy atom. The van der Waals surface area contributed by atoms with Gasteiger partial charge in [0.15, 0.2) is 16.6 Å². The number of amides is 1. The number of hydrogen-bond donors (Lipinski definition) is 0. The number of ether oxygens (including phenoxy) is 2. The topological polar surface area (TPSA) is 64.6 Å². The third-order valence-electron chi connectivity index (χ3n) is 5.11. The number of aryl methyl sites for hydroxylation is 1. The molecule has 0 unspecified atom stereocenters. The number of carbonyl (C=O) groups excluding carboxylic acids is 1.